The number of allylic oxidation sites excluding steroid dienone is 4. The van der Waals surface area contributed by atoms with Crippen LogP contribution in [0.1, 0.15) is 78.1 Å². The Morgan fingerprint density at radius 2 is 2.00 bits per heavy atom. The lowest BCUT2D eigenvalue weighted by Gasteiger charge is -2.34. The minimum absolute atomic E-state index is 0.0924. The quantitative estimate of drug-likeness (QED) is 0.110. The Balaban J connectivity index is 1.33. The zero-order valence-electron chi connectivity index (χ0n) is 22.4. The number of hydrogen-bond acceptors (Lipinski definition) is 10. The first-order valence-electron chi connectivity index (χ1n) is 13.1. The van der Waals surface area contributed by atoms with Gasteiger partial charge in [-0.1, -0.05) is 39.6 Å². The first kappa shape index (κ1) is 29.5. The highest BCUT2D eigenvalue weighted by Crippen LogP contribution is 2.44. The van der Waals surface area contributed by atoms with Crippen LogP contribution in [0.5, 0.6) is 5.75 Å². The number of carbonyl (C=O) groups is 1. The molecule has 218 valence electrons. The number of hydrogen-bond donors (Lipinski definition) is 3. The number of carboxylic acid groups (broad SMARTS) is 1. The van der Waals surface area contributed by atoms with Crippen molar-refractivity contribution in [1.82, 2.24) is 20.0 Å². The maximum Gasteiger partial charge on any atom is 0.335 e. The number of thiazole rings is 1. The molecule has 2 aromatic heterocycles. The predicted molar refractivity (Wildman–Crippen MR) is 155 cm³/mol. The fourth-order valence-corrected chi connectivity index (χ4v) is 6.61. The molecule has 0 saturated heterocycles. The van der Waals surface area contributed by atoms with E-state index in [0.29, 0.717) is 57.4 Å². The maximum atomic E-state index is 11.5. The molecule has 3 aromatic rings. The Morgan fingerprint density at radius 1 is 1.27 bits per heavy atom. The molecule has 11 nitrogen and oxygen atoms in total. The summed E-state index contributed by atoms with van der Waals surface area (Å²) >= 11 is 14.1. The number of halogens is 2. The summed E-state index contributed by atoms with van der Waals surface area (Å²) in [6, 6.07) is 2.99. The fourth-order valence-electron chi connectivity index (χ4n) is 4.99. The normalized spacial score (nSPS) is 22.4. The summed E-state index contributed by atoms with van der Waals surface area (Å²) in [6.07, 6.45) is 6.63. The van der Waals surface area contributed by atoms with Gasteiger partial charge in [0, 0.05) is 5.92 Å². The molecule has 0 radical (unpaired) electrons. The van der Waals surface area contributed by atoms with E-state index in [2.05, 4.69) is 20.5 Å². The van der Waals surface area contributed by atoms with Crippen LogP contribution in [0, 0.1) is 0 Å². The smallest absolute Gasteiger partial charge is 0.335 e. The zero-order valence-corrected chi connectivity index (χ0v) is 24.7. The number of fused-ring (bicyclic) bond motifs is 1. The zero-order chi connectivity index (χ0) is 29.3. The standard InChI is InChI=1S/C27H29Cl2N5O6S/c1-3-17(28)24(18(29)12-30-38)34-19(22(32-33-34)14-4-5-14)13-40-16-6-8-27(37,9-7-16)26-31-23-20(39-2)10-15(25(35)36)11-21(23)41-26/h3,10-12,14,16,37-38H,4-9,13H2,1-2H3,(H,35,36)/b17-3+,24-18-,30-12+. The number of nitrogens with zero attached hydrogens (tertiary/aromatic N) is 5. The Morgan fingerprint density at radius 3 is 2.61 bits per heavy atom. The minimum Gasteiger partial charge on any atom is -0.494 e. The number of carboxylic acids is 1. The molecular weight excluding hydrogens is 593 g/mol. The minimum atomic E-state index is -1.16. The molecule has 41 heavy (non-hydrogen) atoms. The van der Waals surface area contributed by atoms with Crippen LogP contribution in [0.15, 0.2) is 33.4 Å². The molecule has 0 unspecified atom stereocenters. The van der Waals surface area contributed by atoms with Crippen molar-refractivity contribution in [3.63, 3.8) is 0 Å². The first-order valence-corrected chi connectivity index (χ1v) is 14.7. The van der Waals surface area contributed by atoms with E-state index >= 15 is 0 Å². The van der Waals surface area contributed by atoms with E-state index in [-0.39, 0.29) is 29.2 Å². The second kappa shape index (κ2) is 12.1. The number of ether oxygens (including phenoxy) is 2. The third-order valence-corrected chi connectivity index (χ3v) is 9.26. The van der Waals surface area contributed by atoms with Gasteiger partial charge >= 0.3 is 5.97 Å². The van der Waals surface area contributed by atoms with Crippen molar-refractivity contribution in [1.29, 1.82) is 0 Å². The van der Waals surface area contributed by atoms with Crippen molar-refractivity contribution < 1.29 is 29.7 Å². The van der Waals surface area contributed by atoms with Gasteiger partial charge in [0.15, 0.2) is 0 Å². The van der Waals surface area contributed by atoms with Crippen molar-refractivity contribution in [2.24, 2.45) is 5.16 Å². The van der Waals surface area contributed by atoms with Gasteiger partial charge in [-0.25, -0.2) is 14.5 Å². The second-order valence-electron chi connectivity index (χ2n) is 10.1. The largest absolute Gasteiger partial charge is 0.494 e. The van der Waals surface area contributed by atoms with Crippen LogP contribution in [0.25, 0.3) is 15.9 Å². The van der Waals surface area contributed by atoms with Crippen molar-refractivity contribution >= 4 is 62.6 Å². The van der Waals surface area contributed by atoms with Crippen LogP contribution in [0.3, 0.4) is 0 Å². The Labute approximate surface area is 249 Å². The molecule has 2 fully saturated rings. The van der Waals surface area contributed by atoms with Crippen LogP contribution in [-0.2, 0) is 16.9 Å². The Kier molecular flexibility index (Phi) is 8.67. The van der Waals surface area contributed by atoms with E-state index in [1.165, 1.54) is 24.5 Å². The number of benzene rings is 1. The van der Waals surface area contributed by atoms with Crippen LogP contribution >= 0.6 is 34.5 Å². The Hall–Kier alpha value is -3.03. The molecule has 1 aromatic carbocycles. The number of aromatic carboxylic acids is 1. The summed E-state index contributed by atoms with van der Waals surface area (Å²) < 4.78 is 13.9. The molecule has 3 N–H and O–H groups in total. The molecule has 5 rings (SSSR count). The predicted octanol–water partition coefficient (Wildman–Crippen LogP) is 5.83. The summed E-state index contributed by atoms with van der Waals surface area (Å²) in [5.41, 5.74) is 1.36. The molecule has 2 saturated carbocycles. The molecule has 2 aliphatic rings. The maximum absolute atomic E-state index is 11.5. The summed E-state index contributed by atoms with van der Waals surface area (Å²) in [5, 5.41) is 42.6. The number of aliphatic hydroxyl groups is 1. The molecule has 0 atom stereocenters. The Bertz CT molecular complexity index is 1550. The highest BCUT2D eigenvalue weighted by Gasteiger charge is 2.39. The summed E-state index contributed by atoms with van der Waals surface area (Å²) in [7, 11) is 1.46. The van der Waals surface area contributed by atoms with Gasteiger partial charge < -0.3 is 24.9 Å². The van der Waals surface area contributed by atoms with Crippen molar-refractivity contribution in [2.45, 2.75) is 69.7 Å². The third kappa shape index (κ3) is 5.98. The van der Waals surface area contributed by atoms with E-state index in [0.717, 1.165) is 30.4 Å². The number of rotatable bonds is 10. The van der Waals surface area contributed by atoms with Crippen LogP contribution in [0.4, 0.5) is 0 Å². The van der Waals surface area contributed by atoms with E-state index < -0.39 is 11.6 Å². The summed E-state index contributed by atoms with van der Waals surface area (Å²) in [4.78, 5) is 16.2. The van der Waals surface area contributed by atoms with E-state index in [1.807, 2.05) is 0 Å². The SMILES string of the molecule is C\C=C(Cl)/C(=C(Cl)\C=N\O)n1nnc(C2CC2)c1COC1CCC(O)(c2nc3c(OC)cc(C(=O)O)cc3s2)CC1. The first-order chi connectivity index (χ1) is 19.7. The third-order valence-electron chi connectivity index (χ3n) is 7.39. The summed E-state index contributed by atoms with van der Waals surface area (Å²) in [5.74, 6) is -0.416. The topological polar surface area (TPSA) is 152 Å². The lowest BCUT2D eigenvalue weighted by atomic mass is 9.83. The number of methoxy groups -OCH3 is 1. The molecule has 0 bridgehead atoms. The van der Waals surface area contributed by atoms with Crippen LogP contribution < -0.4 is 4.74 Å². The lowest BCUT2D eigenvalue weighted by molar-refractivity contribution is -0.0648. The van der Waals surface area contributed by atoms with E-state index in [9.17, 15) is 15.0 Å². The van der Waals surface area contributed by atoms with Crippen LogP contribution in [-0.4, -0.2) is 60.8 Å². The van der Waals surface area contributed by atoms with Crippen molar-refractivity contribution in [3.8, 4) is 5.75 Å². The van der Waals surface area contributed by atoms with Gasteiger partial charge in [-0.15, -0.1) is 16.4 Å². The number of oxime groups is 1. The van der Waals surface area contributed by atoms with E-state index in [4.69, 9.17) is 37.9 Å². The number of aromatic nitrogens is 4. The molecular formula is C27H29Cl2N5O6S. The lowest BCUT2D eigenvalue weighted by Crippen LogP contribution is -2.34. The molecule has 0 amide bonds. The van der Waals surface area contributed by atoms with Gasteiger partial charge in [0.2, 0.25) is 0 Å². The average molecular weight is 623 g/mol. The van der Waals surface area contributed by atoms with E-state index in [1.54, 1.807) is 23.7 Å². The van der Waals surface area contributed by atoms with Crippen molar-refractivity contribution in [3.05, 3.63) is 50.2 Å². The monoisotopic (exact) mass is 621 g/mol. The molecule has 2 aliphatic carbocycles. The van der Waals surface area contributed by atoms with Gasteiger partial charge in [0.25, 0.3) is 0 Å². The van der Waals surface area contributed by atoms with Crippen LogP contribution in [0.2, 0.25) is 0 Å². The second-order valence-corrected chi connectivity index (χ2v) is 11.9. The van der Waals surface area contributed by atoms with Crippen molar-refractivity contribution in [2.75, 3.05) is 7.11 Å². The van der Waals surface area contributed by atoms with Gasteiger partial charge in [0.1, 0.15) is 27.6 Å². The molecule has 0 aliphatic heterocycles. The van der Waals surface area contributed by atoms with Gasteiger partial charge in [-0.05, 0) is 57.6 Å². The highest BCUT2D eigenvalue weighted by atomic mass is 35.5. The van der Waals surface area contributed by atoms with Gasteiger partial charge in [-0.3, -0.25) is 0 Å². The molecule has 2 heterocycles. The average Bonchev–Trinajstić information content (AvgIpc) is 3.57. The molecule has 14 heteroatoms. The highest BCUT2D eigenvalue weighted by molar-refractivity contribution is 7.18. The summed E-state index contributed by atoms with van der Waals surface area (Å²) in [6.45, 7) is 1.96. The fraction of sp³-hybridized carbons (Fsp3) is 0.444. The van der Waals surface area contributed by atoms with Gasteiger partial charge in [-0.2, -0.15) is 0 Å². The van der Waals surface area contributed by atoms with Gasteiger partial charge in [0.05, 0.1) is 57.8 Å². The molecule has 0 spiro atoms.